The van der Waals surface area contributed by atoms with Crippen LogP contribution in [0.5, 0.6) is 0 Å². The molecule has 2 N–H and O–H groups in total. The number of rotatable bonds is 5. The largest absolute Gasteiger partial charge is 0.395 e. The lowest BCUT2D eigenvalue weighted by atomic mass is 10.3. The Morgan fingerprint density at radius 3 is 2.50 bits per heavy atom. The Hall–Kier alpha value is 0.270. The first-order valence-corrected chi connectivity index (χ1v) is 4.66. The highest BCUT2D eigenvalue weighted by atomic mass is 32.2. The van der Waals surface area contributed by atoms with E-state index in [2.05, 4.69) is 0 Å². The number of aliphatic hydroxyl groups is 2. The summed E-state index contributed by atoms with van der Waals surface area (Å²) in [5.41, 5.74) is 0. The van der Waals surface area contributed by atoms with Gasteiger partial charge in [-0.3, -0.25) is 0 Å². The minimum Gasteiger partial charge on any atom is -0.395 e. The molecule has 3 heteroatoms. The molecule has 0 radical (unpaired) electrons. The standard InChI is InChI=1S/C7H16O2S/c1-3-7(9)5-10-6(2)4-8/h6-9H,3-5H2,1-2H3. The van der Waals surface area contributed by atoms with Gasteiger partial charge in [0.25, 0.3) is 0 Å². The summed E-state index contributed by atoms with van der Waals surface area (Å²) >= 11 is 1.61. The molecule has 0 heterocycles. The lowest BCUT2D eigenvalue weighted by Crippen LogP contribution is -2.12. The van der Waals surface area contributed by atoms with Crippen LogP contribution in [0.15, 0.2) is 0 Å². The molecule has 0 aliphatic rings. The van der Waals surface area contributed by atoms with Gasteiger partial charge in [0.2, 0.25) is 0 Å². The maximum absolute atomic E-state index is 9.10. The number of hydrogen-bond donors (Lipinski definition) is 2. The van der Waals surface area contributed by atoms with E-state index in [1.807, 2.05) is 13.8 Å². The van der Waals surface area contributed by atoms with Gasteiger partial charge in [-0.05, 0) is 6.42 Å². The van der Waals surface area contributed by atoms with Gasteiger partial charge in [0.15, 0.2) is 0 Å². The first-order valence-electron chi connectivity index (χ1n) is 3.61. The molecule has 2 nitrogen and oxygen atoms in total. The summed E-state index contributed by atoms with van der Waals surface area (Å²) in [7, 11) is 0. The SMILES string of the molecule is CCC(O)CSC(C)CO. The Morgan fingerprint density at radius 2 is 2.10 bits per heavy atom. The van der Waals surface area contributed by atoms with Crippen molar-refractivity contribution in [2.24, 2.45) is 0 Å². The van der Waals surface area contributed by atoms with Crippen LogP contribution in [0.2, 0.25) is 0 Å². The van der Waals surface area contributed by atoms with Crippen LogP contribution in [0, 0.1) is 0 Å². The quantitative estimate of drug-likeness (QED) is 0.633. The van der Waals surface area contributed by atoms with E-state index in [9.17, 15) is 0 Å². The van der Waals surface area contributed by atoms with Crippen molar-refractivity contribution in [2.45, 2.75) is 31.6 Å². The molecule has 0 aliphatic heterocycles. The van der Waals surface area contributed by atoms with Crippen molar-refractivity contribution in [3.63, 3.8) is 0 Å². The molecule has 0 aromatic carbocycles. The maximum Gasteiger partial charge on any atom is 0.0628 e. The van der Waals surface area contributed by atoms with Crippen LogP contribution in [0.3, 0.4) is 0 Å². The van der Waals surface area contributed by atoms with E-state index in [0.29, 0.717) is 0 Å². The molecular weight excluding hydrogens is 148 g/mol. The van der Waals surface area contributed by atoms with Crippen LogP contribution in [0.25, 0.3) is 0 Å². The van der Waals surface area contributed by atoms with Crippen LogP contribution in [-0.4, -0.2) is 33.9 Å². The predicted molar refractivity (Wildman–Crippen MR) is 45.3 cm³/mol. The normalized spacial score (nSPS) is 16.8. The summed E-state index contributed by atoms with van der Waals surface area (Å²) in [6.45, 7) is 4.10. The molecule has 0 aromatic heterocycles. The van der Waals surface area contributed by atoms with Crippen LogP contribution < -0.4 is 0 Å². The topological polar surface area (TPSA) is 40.5 Å². The van der Waals surface area contributed by atoms with Crippen molar-refractivity contribution < 1.29 is 10.2 Å². The Kier molecular flexibility index (Phi) is 6.17. The molecule has 0 rings (SSSR count). The maximum atomic E-state index is 9.10. The van der Waals surface area contributed by atoms with E-state index in [1.54, 1.807) is 11.8 Å². The van der Waals surface area contributed by atoms with Gasteiger partial charge in [0.05, 0.1) is 12.7 Å². The van der Waals surface area contributed by atoms with Crippen molar-refractivity contribution in [1.82, 2.24) is 0 Å². The second-order valence-electron chi connectivity index (χ2n) is 2.39. The molecule has 62 valence electrons. The third kappa shape index (κ3) is 5.09. The molecule has 0 bridgehead atoms. The van der Waals surface area contributed by atoms with Crippen LogP contribution in [0.1, 0.15) is 20.3 Å². The van der Waals surface area contributed by atoms with Gasteiger partial charge in [-0.1, -0.05) is 13.8 Å². The first-order chi connectivity index (χ1) is 4.70. The minimum absolute atomic E-state index is 0.196. The summed E-state index contributed by atoms with van der Waals surface area (Å²) in [6, 6.07) is 0. The fourth-order valence-electron chi connectivity index (χ4n) is 0.446. The van der Waals surface area contributed by atoms with E-state index < -0.39 is 0 Å². The Morgan fingerprint density at radius 1 is 1.50 bits per heavy atom. The average molecular weight is 164 g/mol. The molecule has 0 amide bonds. The molecule has 0 saturated heterocycles. The zero-order valence-electron chi connectivity index (χ0n) is 6.58. The van der Waals surface area contributed by atoms with Crippen molar-refractivity contribution >= 4 is 11.8 Å². The molecule has 0 saturated carbocycles. The van der Waals surface area contributed by atoms with Gasteiger partial charge in [0.1, 0.15) is 0 Å². The number of aliphatic hydroxyl groups excluding tert-OH is 2. The Balaban J connectivity index is 3.17. The number of hydrogen-bond acceptors (Lipinski definition) is 3. The molecule has 0 aromatic rings. The highest BCUT2D eigenvalue weighted by Gasteiger charge is 2.04. The highest BCUT2D eigenvalue weighted by Crippen LogP contribution is 2.11. The zero-order chi connectivity index (χ0) is 7.98. The Bertz CT molecular complexity index is 68.0. The lowest BCUT2D eigenvalue weighted by Gasteiger charge is -2.10. The van der Waals surface area contributed by atoms with Crippen molar-refractivity contribution in [1.29, 1.82) is 0 Å². The van der Waals surface area contributed by atoms with E-state index >= 15 is 0 Å². The summed E-state index contributed by atoms with van der Waals surface area (Å²) in [4.78, 5) is 0. The summed E-state index contributed by atoms with van der Waals surface area (Å²) in [5, 5.41) is 18.0. The van der Waals surface area contributed by atoms with Gasteiger partial charge < -0.3 is 10.2 Å². The fraction of sp³-hybridized carbons (Fsp3) is 1.00. The van der Waals surface area contributed by atoms with Gasteiger partial charge in [-0.25, -0.2) is 0 Å². The van der Waals surface area contributed by atoms with E-state index in [4.69, 9.17) is 10.2 Å². The predicted octanol–water partition coefficient (Wildman–Crippen LogP) is 0.871. The highest BCUT2D eigenvalue weighted by molar-refractivity contribution is 7.99. The van der Waals surface area contributed by atoms with Crippen LogP contribution in [0.4, 0.5) is 0 Å². The van der Waals surface area contributed by atoms with Gasteiger partial charge in [-0.15, -0.1) is 0 Å². The lowest BCUT2D eigenvalue weighted by molar-refractivity contribution is 0.195. The van der Waals surface area contributed by atoms with Gasteiger partial charge in [-0.2, -0.15) is 11.8 Å². The van der Waals surface area contributed by atoms with E-state index in [0.717, 1.165) is 12.2 Å². The molecular formula is C7H16O2S. The van der Waals surface area contributed by atoms with Crippen molar-refractivity contribution in [3.8, 4) is 0 Å². The molecule has 0 fully saturated rings. The first kappa shape index (κ1) is 10.3. The molecule has 0 aliphatic carbocycles. The molecule has 0 spiro atoms. The molecule has 2 unspecified atom stereocenters. The fourth-order valence-corrected chi connectivity index (χ4v) is 1.34. The number of thioether (sulfide) groups is 1. The summed E-state index contributed by atoms with van der Waals surface area (Å²) in [5.74, 6) is 0.734. The molecule has 2 atom stereocenters. The smallest absolute Gasteiger partial charge is 0.0628 e. The third-order valence-corrected chi connectivity index (χ3v) is 2.60. The second kappa shape index (κ2) is 6.01. The van der Waals surface area contributed by atoms with Crippen LogP contribution >= 0.6 is 11.8 Å². The summed E-state index contributed by atoms with van der Waals surface area (Å²) in [6.07, 6.45) is 0.588. The van der Waals surface area contributed by atoms with Gasteiger partial charge >= 0.3 is 0 Å². The van der Waals surface area contributed by atoms with Crippen molar-refractivity contribution in [3.05, 3.63) is 0 Å². The van der Waals surface area contributed by atoms with Gasteiger partial charge in [0, 0.05) is 11.0 Å². The average Bonchev–Trinajstić information content (AvgIpc) is 1.99. The van der Waals surface area contributed by atoms with Crippen molar-refractivity contribution in [2.75, 3.05) is 12.4 Å². The minimum atomic E-state index is -0.209. The summed E-state index contributed by atoms with van der Waals surface area (Å²) < 4.78 is 0. The zero-order valence-corrected chi connectivity index (χ0v) is 7.40. The molecule has 10 heavy (non-hydrogen) atoms. The van der Waals surface area contributed by atoms with E-state index in [-0.39, 0.29) is 18.0 Å². The second-order valence-corrected chi connectivity index (χ2v) is 3.86. The Labute approximate surface area is 66.6 Å². The van der Waals surface area contributed by atoms with Crippen LogP contribution in [-0.2, 0) is 0 Å². The van der Waals surface area contributed by atoms with E-state index in [1.165, 1.54) is 0 Å². The monoisotopic (exact) mass is 164 g/mol. The third-order valence-electron chi connectivity index (χ3n) is 1.30.